The molecule has 0 bridgehead atoms. The Balaban J connectivity index is 2.46. The zero-order valence-corrected chi connectivity index (χ0v) is 23.5. The van der Waals surface area contributed by atoms with Crippen molar-refractivity contribution in [3.05, 3.63) is 0 Å². The molecule has 0 saturated carbocycles. The minimum absolute atomic E-state index is 0.0619. The second-order valence-electron chi connectivity index (χ2n) is 11.5. The molecule has 0 aromatic carbocycles. The van der Waals surface area contributed by atoms with E-state index in [1.165, 1.54) is 69.5 Å². The van der Waals surface area contributed by atoms with Gasteiger partial charge in [-0.3, -0.25) is 9.69 Å². The van der Waals surface area contributed by atoms with E-state index in [1.54, 1.807) is 11.8 Å². The number of nitrogens with zero attached hydrogens (tertiary/aromatic N) is 1. The summed E-state index contributed by atoms with van der Waals surface area (Å²) in [5.74, 6) is 1.37. The van der Waals surface area contributed by atoms with E-state index in [0.717, 1.165) is 18.8 Å². The van der Waals surface area contributed by atoms with E-state index in [9.17, 15) is 9.59 Å². The number of hydrogen-bond acceptors (Lipinski definition) is 5. The molecular weight excluding hydrogens is 434 g/mol. The molecule has 0 unspecified atom stereocenters. The summed E-state index contributed by atoms with van der Waals surface area (Å²) < 4.78 is 12.0. The molecule has 1 fully saturated rings. The van der Waals surface area contributed by atoms with Crippen LogP contribution in [0.4, 0.5) is 4.79 Å². The fourth-order valence-corrected chi connectivity index (χ4v) is 5.28. The van der Waals surface area contributed by atoms with Crippen LogP contribution in [0.5, 0.6) is 0 Å². The van der Waals surface area contributed by atoms with Gasteiger partial charge in [-0.2, -0.15) is 0 Å². The predicted octanol–water partition coefficient (Wildman–Crippen LogP) is 7.95. The maximum atomic E-state index is 13.0. The second-order valence-corrected chi connectivity index (χ2v) is 12.7. The molecule has 1 saturated heterocycles. The van der Waals surface area contributed by atoms with Gasteiger partial charge in [0.25, 0.3) is 0 Å². The minimum atomic E-state index is -0.745. The third-order valence-electron chi connectivity index (χ3n) is 6.10. The van der Waals surface area contributed by atoms with Gasteiger partial charge >= 0.3 is 6.09 Å². The lowest BCUT2D eigenvalue weighted by Gasteiger charge is -2.35. The zero-order valence-electron chi connectivity index (χ0n) is 22.7. The van der Waals surface area contributed by atoms with Gasteiger partial charge in [0, 0.05) is 12.7 Å². The number of unbranched alkanes of at least 4 members (excludes halogenated alkanes) is 8. The molecule has 1 aliphatic heterocycles. The Labute approximate surface area is 208 Å². The molecule has 5 nitrogen and oxygen atoms in total. The van der Waals surface area contributed by atoms with Gasteiger partial charge in [0.05, 0.1) is 12.1 Å². The fraction of sp³-hybridized carbons (Fsp3) is 0.926. The smallest absolute Gasteiger partial charge is 0.412 e. The van der Waals surface area contributed by atoms with E-state index >= 15 is 0 Å². The number of ether oxygens (including phenoxy) is 2. The van der Waals surface area contributed by atoms with E-state index in [1.807, 2.05) is 34.6 Å². The molecular formula is C27H51NO4S. The summed E-state index contributed by atoms with van der Waals surface area (Å²) in [4.78, 5) is 26.3. The first-order chi connectivity index (χ1) is 15.3. The first kappa shape index (κ1) is 30.3. The Morgan fingerprint density at radius 3 is 1.97 bits per heavy atom. The average Bonchev–Trinajstić information content (AvgIpc) is 2.92. The number of carbonyl (C=O) groups is 2. The van der Waals surface area contributed by atoms with Crippen molar-refractivity contribution in [2.45, 2.75) is 149 Å². The monoisotopic (exact) mass is 485 g/mol. The predicted molar refractivity (Wildman–Crippen MR) is 140 cm³/mol. The molecule has 0 aromatic heterocycles. The SMILES string of the molecule is CC(=O)SC[C@H]1[C@@H](CCCCCCCCCCCC(C)C)OC(C)(C)N1C(=O)OC(C)(C)C. The molecule has 0 aromatic rings. The van der Waals surface area contributed by atoms with Crippen molar-refractivity contribution < 1.29 is 19.1 Å². The summed E-state index contributed by atoms with van der Waals surface area (Å²) in [6, 6.07) is -0.158. The van der Waals surface area contributed by atoms with Gasteiger partial charge < -0.3 is 9.47 Å². The van der Waals surface area contributed by atoms with Crippen LogP contribution < -0.4 is 0 Å². The standard InChI is InChI=1S/C27H51NO4S/c1-21(2)18-16-14-12-10-9-11-13-15-17-19-24-23(20-33-22(3)29)28(27(7,8)31-24)25(30)32-26(4,5)6/h21,23-24H,9-20H2,1-8H3/t23-,24+/m0/s1. The first-order valence-corrected chi connectivity index (χ1v) is 14.2. The highest BCUT2D eigenvalue weighted by molar-refractivity contribution is 8.13. The number of hydrogen-bond donors (Lipinski definition) is 0. The topological polar surface area (TPSA) is 55.8 Å². The number of amides is 1. The molecule has 0 aliphatic carbocycles. The Kier molecular flexibility index (Phi) is 13.4. The molecule has 1 heterocycles. The highest BCUT2D eigenvalue weighted by Crippen LogP contribution is 2.37. The molecule has 33 heavy (non-hydrogen) atoms. The van der Waals surface area contributed by atoms with E-state index in [-0.39, 0.29) is 23.4 Å². The lowest BCUT2D eigenvalue weighted by Crippen LogP contribution is -2.51. The van der Waals surface area contributed by atoms with Crippen molar-refractivity contribution >= 4 is 23.0 Å². The van der Waals surface area contributed by atoms with Crippen LogP contribution in [0, 0.1) is 5.92 Å². The maximum Gasteiger partial charge on any atom is 0.412 e. The minimum Gasteiger partial charge on any atom is -0.444 e. The van der Waals surface area contributed by atoms with Crippen LogP contribution in [0.15, 0.2) is 0 Å². The molecule has 1 rings (SSSR count). The molecule has 1 amide bonds. The third-order valence-corrected chi connectivity index (χ3v) is 7.01. The Hall–Kier alpha value is -0.750. The van der Waals surface area contributed by atoms with Gasteiger partial charge in [0.15, 0.2) is 5.12 Å². The maximum absolute atomic E-state index is 13.0. The molecule has 0 spiro atoms. The lowest BCUT2D eigenvalue weighted by atomic mass is 10.0. The molecule has 2 atom stereocenters. The number of carbonyl (C=O) groups excluding carboxylic acids is 2. The van der Waals surface area contributed by atoms with E-state index in [4.69, 9.17) is 9.47 Å². The van der Waals surface area contributed by atoms with Crippen LogP contribution in [0.2, 0.25) is 0 Å². The summed E-state index contributed by atoms with van der Waals surface area (Å²) in [7, 11) is 0. The normalized spacial score (nSPS) is 20.5. The molecule has 0 N–H and O–H groups in total. The Morgan fingerprint density at radius 2 is 1.48 bits per heavy atom. The van der Waals surface area contributed by atoms with Gasteiger partial charge in [0.1, 0.15) is 11.3 Å². The fourth-order valence-electron chi connectivity index (χ4n) is 4.51. The molecule has 194 valence electrons. The van der Waals surface area contributed by atoms with Crippen LogP contribution in [-0.2, 0) is 14.3 Å². The van der Waals surface area contributed by atoms with Crippen LogP contribution in [0.1, 0.15) is 126 Å². The van der Waals surface area contributed by atoms with Crippen LogP contribution in [0.25, 0.3) is 0 Å². The Morgan fingerprint density at radius 1 is 0.970 bits per heavy atom. The summed E-state index contributed by atoms with van der Waals surface area (Å²) in [5, 5.41) is 0.0619. The van der Waals surface area contributed by atoms with Gasteiger partial charge in [-0.05, 0) is 47.0 Å². The largest absolute Gasteiger partial charge is 0.444 e. The van der Waals surface area contributed by atoms with Crippen molar-refractivity contribution in [2.75, 3.05) is 5.75 Å². The summed E-state index contributed by atoms with van der Waals surface area (Å²) in [6.07, 6.45) is 13.5. The quantitative estimate of drug-likeness (QED) is 0.234. The first-order valence-electron chi connectivity index (χ1n) is 13.2. The third kappa shape index (κ3) is 12.5. The van der Waals surface area contributed by atoms with E-state index in [2.05, 4.69) is 13.8 Å². The van der Waals surface area contributed by atoms with E-state index < -0.39 is 11.3 Å². The van der Waals surface area contributed by atoms with Gasteiger partial charge in [-0.1, -0.05) is 89.8 Å². The van der Waals surface area contributed by atoms with Crippen molar-refractivity contribution in [3.8, 4) is 0 Å². The van der Waals surface area contributed by atoms with Crippen LogP contribution in [-0.4, -0.2) is 45.3 Å². The molecule has 1 aliphatic rings. The lowest BCUT2D eigenvalue weighted by molar-refractivity contribution is -0.109. The summed E-state index contributed by atoms with van der Waals surface area (Å²) in [6.45, 7) is 15.6. The number of thioether (sulfide) groups is 1. The van der Waals surface area contributed by atoms with E-state index in [0.29, 0.717) is 5.75 Å². The second kappa shape index (κ2) is 14.6. The summed E-state index contributed by atoms with van der Waals surface area (Å²) in [5.41, 5.74) is -1.32. The highest BCUT2D eigenvalue weighted by Gasteiger charge is 2.50. The van der Waals surface area contributed by atoms with Crippen LogP contribution >= 0.6 is 11.8 Å². The zero-order chi connectivity index (χ0) is 25.1. The highest BCUT2D eigenvalue weighted by atomic mass is 32.2. The van der Waals surface area contributed by atoms with Gasteiger partial charge in [-0.15, -0.1) is 0 Å². The van der Waals surface area contributed by atoms with Gasteiger partial charge in [-0.25, -0.2) is 4.79 Å². The van der Waals surface area contributed by atoms with Crippen molar-refractivity contribution in [1.82, 2.24) is 4.90 Å². The van der Waals surface area contributed by atoms with Crippen LogP contribution in [0.3, 0.4) is 0 Å². The number of rotatable bonds is 14. The van der Waals surface area contributed by atoms with Crippen molar-refractivity contribution in [1.29, 1.82) is 0 Å². The molecule has 0 radical (unpaired) electrons. The van der Waals surface area contributed by atoms with Gasteiger partial charge in [0.2, 0.25) is 0 Å². The van der Waals surface area contributed by atoms with Crippen molar-refractivity contribution in [2.24, 2.45) is 5.92 Å². The average molecular weight is 486 g/mol. The Bertz CT molecular complexity index is 585. The van der Waals surface area contributed by atoms with Crippen molar-refractivity contribution in [3.63, 3.8) is 0 Å². The summed E-state index contributed by atoms with van der Waals surface area (Å²) >= 11 is 1.26. The molecule has 6 heteroatoms.